The molecule has 14 heavy (non-hydrogen) atoms. The van der Waals surface area contributed by atoms with Crippen LogP contribution < -0.4 is 5.32 Å². The molecule has 0 bridgehead atoms. The Balaban J connectivity index is 2.45. The number of nitrogens with one attached hydrogen (secondary N) is 1. The third-order valence-electron chi connectivity index (χ3n) is 2.73. The molecule has 3 heteroatoms. The summed E-state index contributed by atoms with van der Waals surface area (Å²) in [6.07, 6.45) is 0. The number of anilines is 1. The Kier molecular flexibility index (Phi) is 1.98. The summed E-state index contributed by atoms with van der Waals surface area (Å²) in [5, 5.41) is 2.91. The summed E-state index contributed by atoms with van der Waals surface area (Å²) in [4.78, 5) is 0. The molecule has 0 aromatic heterocycles. The smallest absolute Gasteiger partial charge is 0.146 e. The van der Waals surface area contributed by atoms with Gasteiger partial charge >= 0.3 is 0 Å². The van der Waals surface area contributed by atoms with E-state index in [4.69, 9.17) is 0 Å². The lowest BCUT2D eigenvalue weighted by Gasteiger charge is -2.22. The minimum absolute atomic E-state index is 0.256. The Morgan fingerprint density at radius 3 is 2.79 bits per heavy atom. The lowest BCUT2D eigenvalue weighted by molar-refractivity contribution is 0.180. The van der Waals surface area contributed by atoms with E-state index in [2.05, 4.69) is 5.32 Å². The van der Waals surface area contributed by atoms with Gasteiger partial charge in [-0.2, -0.15) is 0 Å². The van der Waals surface area contributed by atoms with Gasteiger partial charge in [0.2, 0.25) is 0 Å². The number of benzene rings is 1. The third-order valence-corrected chi connectivity index (χ3v) is 2.73. The first-order valence-corrected chi connectivity index (χ1v) is 4.71. The van der Waals surface area contributed by atoms with Gasteiger partial charge in [0.15, 0.2) is 0 Å². The molecule has 0 aliphatic carbocycles. The minimum Gasteiger partial charge on any atom is -0.382 e. The number of hydrogen-bond acceptors (Lipinski definition) is 1. The second-order valence-electron chi connectivity index (χ2n) is 4.20. The van der Waals surface area contributed by atoms with Crippen LogP contribution >= 0.6 is 0 Å². The van der Waals surface area contributed by atoms with Crippen molar-refractivity contribution in [2.24, 2.45) is 0 Å². The van der Waals surface area contributed by atoms with E-state index in [9.17, 15) is 8.78 Å². The third kappa shape index (κ3) is 1.37. The molecule has 0 saturated carbocycles. The first-order valence-electron chi connectivity index (χ1n) is 4.71. The van der Waals surface area contributed by atoms with Crippen molar-refractivity contribution in [2.45, 2.75) is 25.4 Å². The highest BCUT2D eigenvalue weighted by atomic mass is 19.1. The topological polar surface area (TPSA) is 12.0 Å². The fourth-order valence-electron chi connectivity index (χ4n) is 1.94. The maximum Gasteiger partial charge on any atom is 0.146 e. The predicted octanol–water partition coefficient (Wildman–Crippen LogP) is 3.08. The summed E-state index contributed by atoms with van der Waals surface area (Å²) < 4.78 is 27.0. The van der Waals surface area contributed by atoms with Gasteiger partial charge in [-0.25, -0.2) is 8.78 Å². The van der Waals surface area contributed by atoms with E-state index in [1.807, 2.05) is 0 Å². The van der Waals surface area contributed by atoms with E-state index in [1.165, 1.54) is 19.9 Å². The number of hydrogen-bond donors (Lipinski definition) is 1. The van der Waals surface area contributed by atoms with Crippen LogP contribution in [0, 0.1) is 5.82 Å². The molecule has 76 valence electrons. The Bertz CT molecular complexity index is 355. The van der Waals surface area contributed by atoms with E-state index >= 15 is 0 Å². The van der Waals surface area contributed by atoms with Gasteiger partial charge in [-0.3, -0.25) is 0 Å². The lowest BCUT2D eigenvalue weighted by Crippen LogP contribution is -2.25. The molecule has 1 unspecified atom stereocenters. The van der Waals surface area contributed by atoms with E-state index < -0.39 is 5.67 Å². The van der Waals surface area contributed by atoms with Gasteiger partial charge in [0, 0.05) is 12.5 Å². The zero-order chi connectivity index (χ0) is 10.3. The van der Waals surface area contributed by atoms with Gasteiger partial charge in [-0.05, 0) is 25.5 Å². The Hall–Kier alpha value is -1.12. The first kappa shape index (κ1) is 9.44. The second kappa shape index (κ2) is 2.94. The molecule has 1 aromatic carbocycles. The van der Waals surface area contributed by atoms with Crippen molar-refractivity contribution in [3.63, 3.8) is 0 Å². The average Bonchev–Trinajstić information content (AvgIpc) is 2.47. The molecule has 0 saturated heterocycles. The summed E-state index contributed by atoms with van der Waals surface area (Å²) >= 11 is 0. The van der Waals surface area contributed by atoms with Gasteiger partial charge in [0.1, 0.15) is 11.5 Å². The summed E-state index contributed by atoms with van der Waals surface area (Å²) in [6.45, 7) is 3.53. The Labute approximate surface area is 82.1 Å². The van der Waals surface area contributed by atoms with Crippen molar-refractivity contribution in [1.82, 2.24) is 0 Å². The molecule has 1 atom stereocenters. The molecular formula is C11H13F2N. The SMILES string of the molecule is CC(C)(F)C1CNc2c(F)cccc21. The van der Waals surface area contributed by atoms with Gasteiger partial charge in [0.25, 0.3) is 0 Å². The normalized spacial score (nSPS) is 20.4. The maximum absolute atomic E-state index is 13.7. The predicted molar refractivity (Wildman–Crippen MR) is 52.8 cm³/mol. The van der Waals surface area contributed by atoms with Crippen molar-refractivity contribution in [3.05, 3.63) is 29.6 Å². The van der Waals surface area contributed by atoms with E-state index in [-0.39, 0.29) is 11.7 Å². The average molecular weight is 197 g/mol. The zero-order valence-electron chi connectivity index (χ0n) is 8.27. The summed E-state index contributed by atoms with van der Waals surface area (Å²) in [5.74, 6) is -0.553. The molecule has 1 N–H and O–H groups in total. The first-order chi connectivity index (χ1) is 6.50. The number of rotatable bonds is 1. The quantitative estimate of drug-likeness (QED) is 0.729. The lowest BCUT2D eigenvalue weighted by atomic mass is 9.88. The van der Waals surface area contributed by atoms with Crippen LogP contribution in [0.5, 0.6) is 0 Å². The molecule has 1 aliphatic rings. The van der Waals surface area contributed by atoms with Gasteiger partial charge < -0.3 is 5.32 Å². The standard InChI is InChI=1S/C11H13F2N/c1-11(2,13)8-6-14-10-7(8)4-3-5-9(10)12/h3-5,8,14H,6H2,1-2H3. The van der Waals surface area contributed by atoms with Crippen LogP contribution in [0.15, 0.2) is 18.2 Å². The minimum atomic E-state index is -1.31. The van der Waals surface area contributed by atoms with Crippen LogP contribution in [0.1, 0.15) is 25.3 Å². The fourth-order valence-corrected chi connectivity index (χ4v) is 1.94. The second-order valence-corrected chi connectivity index (χ2v) is 4.20. The van der Waals surface area contributed by atoms with Crippen LogP contribution in [0.3, 0.4) is 0 Å². The largest absolute Gasteiger partial charge is 0.382 e. The zero-order valence-corrected chi connectivity index (χ0v) is 8.27. The van der Waals surface area contributed by atoms with E-state index in [1.54, 1.807) is 12.1 Å². The van der Waals surface area contributed by atoms with Crippen LogP contribution in [0.25, 0.3) is 0 Å². The molecule has 1 nitrogen and oxygen atoms in total. The molecule has 0 amide bonds. The Morgan fingerprint density at radius 1 is 1.43 bits per heavy atom. The maximum atomic E-state index is 13.7. The molecule has 1 aliphatic heterocycles. The fraction of sp³-hybridized carbons (Fsp3) is 0.455. The highest BCUT2D eigenvalue weighted by molar-refractivity contribution is 5.59. The van der Waals surface area contributed by atoms with Gasteiger partial charge in [0.05, 0.1) is 5.69 Å². The molecule has 0 radical (unpaired) electrons. The molecule has 0 spiro atoms. The highest BCUT2D eigenvalue weighted by Crippen LogP contribution is 2.41. The number of halogens is 2. The van der Waals surface area contributed by atoms with Crippen molar-refractivity contribution in [1.29, 1.82) is 0 Å². The molecular weight excluding hydrogens is 184 g/mol. The van der Waals surface area contributed by atoms with Crippen LogP contribution in [-0.4, -0.2) is 12.2 Å². The highest BCUT2D eigenvalue weighted by Gasteiger charge is 2.36. The van der Waals surface area contributed by atoms with Gasteiger partial charge in [-0.1, -0.05) is 12.1 Å². The van der Waals surface area contributed by atoms with Crippen LogP contribution in [0.4, 0.5) is 14.5 Å². The molecule has 1 heterocycles. The molecule has 0 fully saturated rings. The van der Waals surface area contributed by atoms with Crippen LogP contribution in [-0.2, 0) is 0 Å². The van der Waals surface area contributed by atoms with Crippen molar-refractivity contribution >= 4 is 5.69 Å². The summed E-state index contributed by atoms with van der Waals surface area (Å²) in [7, 11) is 0. The van der Waals surface area contributed by atoms with Gasteiger partial charge in [-0.15, -0.1) is 0 Å². The summed E-state index contributed by atoms with van der Waals surface area (Å²) in [6, 6.07) is 4.80. The van der Waals surface area contributed by atoms with Crippen molar-refractivity contribution < 1.29 is 8.78 Å². The van der Waals surface area contributed by atoms with E-state index in [0.29, 0.717) is 12.2 Å². The Morgan fingerprint density at radius 2 is 2.14 bits per heavy atom. The van der Waals surface area contributed by atoms with Crippen LogP contribution in [0.2, 0.25) is 0 Å². The number of fused-ring (bicyclic) bond motifs is 1. The number of para-hydroxylation sites is 1. The van der Waals surface area contributed by atoms with Crippen molar-refractivity contribution in [2.75, 3.05) is 11.9 Å². The van der Waals surface area contributed by atoms with Crippen molar-refractivity contribution in [3.8, 4) is 0 Å². The summed E-state index contributed by atoms with van der Waals surface area (Å²) in [5.41, 5.74) is -0.104. The monoisotopic (exact) mass is 197 g/mol. The number of alkyl halides is 1. The van der Waals surface area contributed by atoms with E-state index in [0.717, 1.165) is 5.56 Å². The molecule has 2 rings (SSSR count). The molecule has 1 aromatic rings.